The van der Waals surface area contributed by atoms with Crippen LogP contribution in [0.15, 0.2) is 16.7 Å². The van der Waals surface area contributed by atoms with Gasteiger partial charge in [0, 0.05) is 24.1 Å². The average molecular weight is 329 g/mol. The fourth-order valence-electron chi connectivity index (χ4n) is 1.99. The maximum absolute atomic E-state index is 12.0. The maximum atomic E-state index is 12.0. The van der Waals surface area contributed by atoms with Gasteiger partial charge < -0.3 is 14.6 Å². The zero-order chi connectivity index (χ0) is 15.4. The topological polar surface area (TPSA) is 64.4 Å². The molecule has 1 N–H and O–H groups in total. The smallest absolute Gasteiger partial charge is 0.224 e. The van der Waals surface area contributed by atoms with E-state index < -0.39 is 0 Å². The standard InChI is InChI=1S/C14H17ClN2O3S/c1-8-10(9(2)20-17-8)6-14(18)16-7-11(19-3)12-4-5-13(15)21-12/h4-5,11H,6-7H2,1-3H3,(H,16,18)/t11-/m0/s1. The molecule has 21 heavy (non-hydrogen) atoms. The highest BCUT2D eigenvalue weighted by Crippen LogP contribution is 2.28. The number of hydrogen-bond donors (Lipinski definition) is 1. The van der Waals surface area contributed by atoms with Crippen molar-refractivity contribution in [2.75, 3.05) is 13.7 Å². The Kier molecular flexibility index (Phi) is 5.39. The first kappa shape index (κ1) is 16.0. The number of amides is 1. The predicted octanol–water partition coefficient (Wildman–Crippen LogP) is 3.05. The molecule has 0 saturated heterocycles. The van der Waals surface area contributed by atoms with E-state index >= 15 is 0 Å². The van der Waals surface area contributed by atoms with Crippen molar-refractivity contribution in [2.24, 2.45) is 0 Å². The number of thiophene rings is 1. The van der Waals surface area contributed by atoms with Crippen LogP contribution in [-0.2, 0) is 16.0 Å². The summed E-state index contributed by atoms with van der Waals surface area (Å²) in [5.74, 6) is 0.588. The molecule has 0 fully saturated rings. The number of methoxy groups -OCH3 is 1. The Balaban J connectivity index is 1.91. The molecule has 0 unspecified atom stereocenters. The van der Waals surface area contributed by atoms with Crippen molar-refractivity contribution in [2.45, 2.75) is 26.4 Å². The second kappa shape index (κ2) is 7.06. The zero-order valence-corrected chi connectivity index (χ0v) is 13.7. The highest BCUT2D eigenvalue weighted by atomic mass is 35.5. The van der Waals surface area contributed by atoms with Gasteiger partial charge in [-0.3, -0.25) is 4.79 Å². The van der Waals surface area contributed by atoms with Gasteiger partial charge in [-0.25, -0.2) is 0 Å². The molecule has 0 spiro atoms. The van der Waals surface area contributed by atoms with Crippen molar-refractivity contribution in [1.82, 2.24) is 10.5 Å². The first-order chi connectivity index (χ1) is 10.0. The molecular formula is C14H17ClN2O3S. The van der Waals surface area contributed by atoms with Crippen molar-refractivity contribution in [3.8, 4) is 0 Å². The summed E-state index contributed by atoms with van der Waals surface area (Å²) >= 11 is 7.36. The van der Waals surface area contributed by atoms with Crippen LogP contribution < -0.4 is 5.32 Å². The van der Waals surface area contributed by atoms with Gasteiger partial charge in [-0.15, -0.1) is 11.3 Å². The average Bonchev–Trinajstić information content (AvgIpc) is 3.00. The number of rotatable bonds is 6. The molecular weight excluding hydrogens is 312 g/mol. The Hall–Kier alpha value is -1.37. The van der Waals surface area contributed by atoms with Gasteiger partial charge >= 0.3 is 0 Å². The maximum Gasteiger partial charge on any atom is 0.224 e. The van der Waals surface area contributed by atoms with Crippen molar-refractivity contribution >= 4 is 28.8 Å². The van der Waals surface area contributed by atoms with E-state index in [1.807, 2.05) is 19.1 Å². The second-order valence-corrected chi connectivity index (χ2v) is 6.40. The van der Waals surface area contributed by atoms with Gasteiger partial charge in [0.1, 0.15) is 11.9 Å². The van der Waals surface area contributed by atoms with Crippen LogP contribution in [0.4, 0.5) is 0 Å². The molecule has 7 heteroatoms. The molecule has 0 saturated carbocycles. The normalized spacial score (nSPS) is 12.4. The molecule has 0 bridgehead atoms. The lowest BCUT2D eigenvalue weighted by Crippen LogP contribution is -2.30. The number of aryl methyl sites for hydroxylation is 2. The minimum atomic E-state index is -0.198. The first-order valence-corrected chi connectivity index (χ1v) is 7.67. The Morgan fingerprint density at radius 2 is 2.29 bits per heavy atom. The van der Waals surface area contributed by atoms with Gasteiger partial charge in [-0.05, 0) is 26.0 Å². The third kappa shape index (κ3) is 4.06. The van der Waals surface area contributed by atoms with Crippen LogP contribution in [0.1, 0.15) is 28.0 Å². The number of halogens is 1. The van der Waals surface area contributed by atoms with E-state index in [9.17, 15) is 4.79 Å². The molecule has 0 aliphatic rings. The lowest BCUT2D eigenvalue weighted by Gasteiger charge is -2.14. The van der Waals surface area contributed by atoms with Gasteiger partial charge in [0.2, 0.25) is 5.91 Å². The van der Waals surface area contributed by atoms with E-state index in [2.05, 4.69) is 10.5 Å². The molecule has 2 rings (SSSR count). The summed E-state index contributed by atoms with van der Waals surface area (Å²) in [5.41, 5.74) is 1.58. The lowest BCUT2D eigenvalue weighted by molar-refractivity contribution is -0.121. The Morgan fingerprint density at radius 1 is 1.52 bits per heavy atom. The van der Waals surface area contributed by atoms with E-state index in [4.69, 9.17) is 20.9 Å². The highest BCUT2D eigenvalue weighted by molar-refractivity contribution is 7.16. The van der Waals surface area contributed by atoms with Crippen molar-refractivity contribution in [1.29, 1.82) is 0 Å². The number of nitrogens with one attached hydrogen (secondary N) is 1. The van der Waals surface area contributed by atoms with E-state index in [1.165, 1.54) is 11.3 Å². The quantitative estimate of drug-likeness (QED) is 0.885. The van der Waals surface area contributed by atoms with E-state index in [1.54, 1.807) is 14.0 Å². The summed E-state index contributed by atoms with van der Waals surface area (Å²) in [4.78, 5) is 13.0. The first-order valence-electron chi connectivity index (χ1n) is 6.47. The molecule has 0 aromatic carbocycles. The van der Waals surface area contributed by atoms with E-state index in [0.29, 0.717) is 16.6 Å². The number of ether oxygens (including phenoxy) is 1. The summed E-state index contributed by atoms with van der Waals surface area (Å²) in [6.07, 6.45) is 0.0547. The molecule has 0 aliphatic heterocycles. The SMILES string of the molecule is CO[C@@H](CNC(=O)Cc1c(C)noc1C)c1ccc(Cl)s1. The number of carbonyl (C=O) groups excluding carboxylic acids is 1. The second-order valence-electron chi connectivity index (χ2n) is 4.65. The zero-order valence-electron chi connectivity index (χ0n) is 12.1. The van der Waals surface area contributed by atoms with Crippen LogP contribution in [-0.4, -0.2) is 24.7 Å². The minimum Gasteiger partial charge on any atom is -0.374 e. The molecule has 2 aromatic heterocycles. The van der Waals surface area contributed by atoms with Crippen LogP contribution in [0.3, 0.4) is 0 Å². The predicted molar refractivity (Wildman–Crippen MR) is 81.8 cm³/mol. The Morgan fingerprint density at radius 3 is 2.81 bits per heavy atom. The summed E-state index contributed by atoms with van der Waals surface area (Å²) in [6.45, 7) is 4.02. The van der Waals surface area contributed by atoms with Gasteiger partial charge in [-0.2, -0.15) is 0 Å². The number of aromatic nitrogens is 1. The Bertz CT molecular complexity index is 604. The van der Waals surface area contributed by atoms with Gasteiger partial charge in [0.25, 0.3) is 0 Å². The molecule has 0 radical (unpaired) electrons. The molecule has 114 valence electrons. The van der Waals surface area contributed by atoms with Crippen LogP contribution in [0.5, 0.6) is 0 Å². The molecule has 2 heterocycles. The largest absolute Gasteiger partial charge is 0.374 e. The van der Waals surface area contributed by atoms with Gasteiger partial charge in [-0.1, -0.05) is 16.8 Å². The van der Waals surface area contributed by atoms with Gasteiger partial charge in [0.15, 0.2) is 0 Å². The molecule has 2 aromatic rings. The van der Waals surface area contributed by atoms with Gasteiger partial charge in [0.05, 0.1) is 16.5 Å². The van der Waals surface area contributed by atoms with E-state index in [0.717, 1.165) is 16.1 Å². The van der Waals surface area contributed by atoms with Crippen LogP contribution in [0.25, 0.3) is 0 Å². The fourth-order valence-corrected chi connectivity index (χ4v) is 3.12. The lowest BCUT2D eigenvalue weighted by atomic mass is 10.1. The molecule has 1 atom stereocenters. The minimum absolute atomic E-state index is 0.0888. The summed E-state index contributed by atoms with van der Waals surface area (Å²) < 4.78 is 11.1. The van der Waals surface area contributed by atoms with Crippen molar-refractivity contribution in [3.63, 3.8) is 0 Å². The van der Waals surface area contributed by atoms with Crippen molar-refractivity contribution in [3.05, 3.63) is 38.4 Å². The summed E-state index contributed by atoms with van der Waals surface area (Å²) in [5, 5.41) is 6.70. The Labute approximate surface area is 132 Å². The number of carbonyl (C=O) groups is 1. The van der Waals surface area contributed by atoms with Crippen molar-refractivity contribution < 1.29 is 14.1 Å². The van der Waals surface area contributed by atoms with Crippen LogP contribution in [0, 0.1) is 13.8 Å². The third-order valence-electron chi connectivity index (χ3n) is 3.20. The number of hydrogen-bond acceptors (Lipinski definition) is 5. The van der Waals surface area contributed by atoms with Crippen LogP contribution in [0.2, 0.25) is 4.34 Å². The fraction of sp³-hybridized carbons (Fsp3) is 0.429. The highest BCUT2D eigenvalue weighted by Gasteiger charge is 2.17. The molecule has 0 aliphatic carbocycles. The summed E-state index contributed by atoms with van der Waals surface area (Å²) in [7, 11) is 1.61. The molecule has 1 amide bonds. The number of nitrogens with zero attached hydrogens (tertiary/aromatic N) is 1. The van der Waals surface area contributed by atoms with Crippen LogP contribution >= 0.6 is 22.9 Å². The monoisotopic (exact) mass is 328 g/mol. The molecule has 5 nitrogen and oxygen atoms in total. The summed E-state index contributed by atoms with van der Waals surface area (Å²) in [6, 6.07) is 3.72. The third-order valence-corrected chi connectivity index (χ3v) is 4.52. The van der Waals surface area contributed by atoms with E-state index in [-0.39, 0.29) is 18.4 Å².